The van der Waals surface area contributed by atoms with Crippen LogP contribution in [0.4, 0.5) is 4.39 Å². The number of carbonyl (C=O) groups is 2. The van der Waals surface area contributed by atoms with Crippen LogP contribution in [0.3, 0.4) is 0 Å². The minimum absolute atomic E-state index is 0.0657. The second-order valence-corrected chi connectivity index (χ2v) is 4.27. The first-order chi connectivity index (χ1) is 9.54. The number of halogens is 1. The first kappa shape index (κ1) is 13.9. The van der Waals surface area contributed by atoms with Crippen LogP contribution in [0.15, 0.2) is 36.5 Å². The van der Waals surface area contributed by atoms with E-state index in [0.29, 0.717) is 5.56 Å². The van der Waals surface area contributed by atoms with Gasteiger partial charge in [0.2, 0.25) is 5.78 Å². The first-order valence-electron chi connectivity index (χ1n) is 6.02. The summed E-state index contributed by atoms with van der Waals surface area (Å²) in [5.41, 5.74) is 1.25. The fourth-order valence-electron chi connectivity index (χ4n) is 1.88. The number of hydrogen-bond acceptors (Lipinski definition) is 3. The fourth-order valence-corrected chi connectivity index (χ4v) is 1.88. The van der Waals surface area contributed by atoms with Crippen LogP contribution in [0.1, 0.15) is 32.0 Å². The van der Waals surface area contributed by atoms with Gasteiger partial charge in [-0.15, -0.1) is 0 Å². The van der Waals surface area contributed by atoms with E-state index in [1.54, 1.807) is 13.0 Å². The summed E-state index contributed by atoms with van der Waals surface area (Å²) in [6, 6.07) is 6.79. The predicted molar refractivity (Wildman–Crippen MR) is 72.2 cm³/mol. The molecule has 5 heteroatoms. The van der Waals surface area contributed by atoms with Gasteiger partial charge in [-0.2, -0.15) is 0 Å². The maximum atomic E-state index is 12.9. The van der Waals surface area contributed by atoms with Gasteiger partial charge in [-0.25, -0.2) is 4.39 Å². The molecule has 0 radical (unpaired) electrons. The molecule has 1 heterocycles. The average molecular weight is 272 g/mol. The predicted octanol–water partition coefficient (Wildman–Crippen LogP) is 2.12. The van der Waals surface area contributed by atoms with E-state index in [0.717, 1.165) is 0 Å². The van der Waals surface area contributed by atoms with E-state index >= 15 is 0 Å². The third-order valence-corrected chi connectivity index (χ3v) is 2.93. The first-order valence-corrected chi connectivity index (χ1v) is 6.02. The topological polar surface area (TPSA) is 59.1 Å². The highest BCUT2D eigenvalue weighted by Gasteiger charge is 2.21. The van der Waals surface area contributed by atoms with Gasteiger partial charge < -0.3 is 5.32 Å². The third kappa shape index (κ3) is 2.56. The lowest BCUT2D eigenvalue weighted by atomic mass is 10.00. The number of nitrogens with zero attached hydrogens (tertiary/aromatic N) is 1. The van der Waals surface area contributed by atoms with Crippen molar-refractivity contribution in [1.29, 1.82) is 0 Å². The Kier molecular flexibility index (Phi) is 3.89. The Bertz CT molecular complexity index is 666. The van der Waals surface area contributed by atoms with Crippen molar-refractivity contribution in [1.82, 2.24) is 10.3 Å². The second-order valence-electron chi connectivity index (χ2n) is 4.27. The molecule has 1 aromatic heterocycles. The zero-order valence-electron chi connectivity index (χ0n) is 11.1. The molecule has 102 valence electrons. The Morgan fingerprint density at radius 3 is 2.40 bits per heavy atom. The van der Waals surface area contributed by atoms with Gasteiger partial charge in [0.15, 0.2) is 0 Å². The standard InChI is InChI=1S/C15H13FN2O2/c1-9-7-8-18-13(12(9)15(20)17-2)14(19)10-3-5-11(16)6-4-10/h3-8H,1-2H3,(H,17,20). The molecule has 0 aliphatic heterocycles. The van der Waals surface area contributed by atoms with Gasteiger partial charge in [-0.1, -0.05) is 0 Å². The number of aryl methyl sites for hydroxylation is 1. The number of amides is 1. The summed E-state index contributed by atoms with van der Waals surface area (Å²) in [5.74, 6) is -1.21. The molecule has 2 rings (SSSR count). The molecule has 0 saturated heterocycles. The van der Waals surface area contributed by atoms with Gasteiger partial charge in [0, 0.05) is 18.8 Å². The lowest BCUT2D eigenvalue weighted by Gasteiger charge is -2.09. The Labute approximate surface area is 115 Å². The third-order valence-electron chi connectivity index (χ3n) is 2.93. The van der Waals surface area contributed by atoms with Gasteiger partial charge in [-0.05, 0) is 42.8 Å². The zero-order chi connectivity index (χ0) is 14.7. The molecular formula is C15H13FN2O2. The molecule has 0 unspecified atom stereocenters. The number of hydrogen-bond donors (Lipinski definition) is 1. The molecule has 20 heavy (non-hydrogen) atoms. The van der Waals surface area contributed by atoms with E-state index in [4.69, 9.17) is 0 Å². The largest absolute Gasteiger partial charge is 0.355 e. The normalized spacial score (nSPS) is 10.2. The Morgan fingerprint density at radius 1 is 1.15 bits per heavy atom. The number of pyridine rings is 1. The molecule has 0 aliphatic carbocycles. The summed E-state index contributed by atoms with van der Waals surface area (Å²) >= 11 is 0. The molecule has 0 spiro atoms. The highest BCUT2D eigenvalue weighted by molar-refractivity contribution is 6.14. The second kappa shape index (κ2) is 5.61. The molecule has 0 bridgehead atoms. The smallest absolute Gasteiger partial charge is 0.253 e. The number of carbonyl (C=O) groups excluding carboxylic acids is 2. The van der Waals surface area contributed by atoms with Gasteiger partial charge in [0.25, 0.3) is 5.91 Å². The Morgan fingerprint density at radius 2 is 1.80 bits per heavy atom. The highest BCUT2D eigenvalue weighted by Crippen LogP contribution is 2.16. The lowest BCUT2D eigenvalue weighted by Crippen LogP contribution is -2.23. The maximum absolute atomic E-state index is 12.9. The van der Waals surface area contributed by atoms with Crippen LogP contribution in [0.2, 0.25) is 0 Å². The van der Waals surface area contributed by atoms with Gasteiger partial charge in [0.05, 0.1) is 5.56 Å². The van der Waals surface area contributed by atoms with Crippen molar-refractivity contribution in [2.75, 3.05) is 7.05 Å². The quantitative estimate of drug-likeness (QED) is 0.871. The lowest BCUT2D eigenvalue weighted by molar-refractivity contribution is 0.0948. The van der Waals surface area contributed by atoms with Crippen LogP contribution < -0.4 is 5.32 Å². The molecule has 0 saturated carbocycles. The summed E-state index contributed by atoms with van der Waals surface area (Å²) < 4.78 is 12.9. The molecule has 0 fully saturated rings. The Balaban J connectivity index is 2.52. The number of nitrogens with one attached hydrogen (secondary N) is 1. The van der Waals surface area contributed by atoms with Crippen LogP contribution in [0.5, 0.6) is 0 Å². The van der Waals surface area contributed by atoms with Crippen molar-refractivity contribution in [2.24, 2.45) is 0 Å². The van der Waals surface area contributed by atoms with Gasteiger partial charge in [-0.3, -0.25) is 14.6 Å². The van der Waals surface area contributed by atoms with Crippen LogP contribution in [-0.4, -0.2) is 23.7 Å². The van der Waals surface area contributed by atoms with Gasteiger partial charge >= 0.3 is 0 Å². The monoisotopic (exact) mass is 272 g/mol. The van der Waals surface area contributed by atoms with Crippen LogP contribution in [0.25, 0.3) is 0 Å². The van der Waals surface area contributed by atoms with E-state index in [1.165, 1.54) is 37.5 Å². The minimum atomic E-state index is -0.426. The molecule has 1 amide bonds. The van der Waals surface area contributed by atoms with Crippen molar-refractivity contribution in [3.05, 3.63) is 64.7 Å². The number of ketones is 1. The molecule has 1 aromatic carbocycles. The van der Waals surface area contributed by atoms with E-state index in [-0.39, 0.29) is 22.7 Å². The maximum Gasteiger partial charge on any atom is 0.253 e. The van der Waals surface area contributed by atoms with Crippen molar-refractivity contribution in [3.8, 4) is 0 Å². The van der Waals surface area contributed by atoms with E-state index < -0.39 is 11.6 Å². The minimum Gasteiger partial charge on any atom is -0.355 e. The average Bonchev–Trinajstić information content (AvgIpc) is 2.46. The van der Waals surface area contributed by atoms with Crippen molar-refractivity contribution in [2.45, 2.75) is 6.92 Å². The molecular weight excluding hydrogens is 259 g/mol. The van der Waals surface area contributed by atoms with Gasteiger partial charge in [0.1, 0.15) is 11.5 Å². The summed E-state index contributed by atoms with van der Waals surface area (Å²) in [5, 5.41) is 2.49. The Hall–Kier alpha value is -2.56. The zero-order valence-corrected chi connectivity index (χ0v) is 11.1. The summed E-state index contributed by atoms with van der Waals surface area (Å²) in [4.78, 5) is 28.3. The highest BCUT2D eigenvalue weighted by atomic mass is 19.1. The van der Waals surface area contributed by atoms with E-state index in [1.807, 2.05) is 0 Å². The fraction of sp³-hybridized carbons (Fsp3) is 0.133. The van der Waals surface area contributed by atoms with E-state index in [9.17, 15) is 14.0 Å². The van der Waals surface area contributed by atoms with Crippen molar-refractivity contribution in [3.63, 3.8) is 0 Å². The molecule has 0 aliphatic rings. The summed E-state index contributed by atoms with van der Waals surface area (Å²) in [7, 11) is 1.49. The molecule has 4 nitrogen and oxygen atoms in total. The van der Waals surface area contributed by atoms with Crippen LogP contribution in [-0.2, 0) is 0 Å². The van der Waals surface area contributed by atoms with Crippen molar-refractivity contribution < 1.29 is 14.0 Å². The van der Waals surface area contributed by atoms with Crippen LogP contribution in [0, 0.1) is 12.7 Å². The number of benzene rings is 1. The molecule has 2 aromatic rings. The number of rotatable bonds is 3. The SMILES string of the molecule is CNC(=O)c1c(C)ccnc1C(=O)c1ccc(F)cc1. The molecule has 0 atom stereocenters. The van der Waals surface area contributed by atoms with E-state index in [2.05, 4.69) is 10.3 Å². The van der Waals surface area contributed by atoms with Crippen LogP contribution >= 0.6 is 0 Å². The summed E-state index contributed by atoms with van der Waals surface area (Å²) in [6.45, 7) is 1.73. The summed E-state index contributed by atoms with van der Waals surface area (Å²) in [6.07, 6.45) is 1.47. The van der Waals surface area contributed by atoms with Crippen molar-refractivity contribution >= 4 is 11.7 Å². The number of aromatic nitrogens is 1. The molecule has 1 N–H and O–H groups in total.